The van der Waals surface area contributed by atoms with Crippen molar-refractivity contribution in [1.82, 2.24) is 0 Å². The lowest BCUT2D eigenvalue weighted by molar-refractivity contribution is -0.196. The summed E-state index contributed by atoms with van der Waals surface area (Å²) < 4.78 is 39.6. The highest BCUT2D eigenvalue weighted by Crippen LogP contribution is 2.48. The quantitative estimate of drug-likeness (QED) is 0.882. The Labute approximate surface area is 136 Å². The molecule has 3 nitrogen and oxygen atoms in total. The van der Waals surface area contributed by atoms with E-state index < -0.39 is 29.7 Å². The maximum atomic E-state index is 14.4. The number of rotatable bonds is 5. The van der Waals surface area contributed by atoms with Crippen molar-refractivity contribution in [2.45, 2.75) is 30.8 Å². The van der Waals surface area contributed by atoms with E-state index in [-0.39, 0.29) is 5.56 Å². The lowest BCUT2D eigenvalue weighted by atomic mass is 9.92. The Morgan fingerprint density at radius 1 is 1.17 bits per heavy atom. The van der Waals surface area contributed by atoms with Gasteiger partial charge in [-0.1, -0.05) is 36.4 Å². The van der Waals surface area contributed by atoms with Crippen LogP contribution in [0.5, 0.6) is 0 Å². The number of carbonyl (C=O) groups is 1. The average molecular weight is 335 g/mol. The van der Waals surface area contributed by atoms with Crippen LogP contribution in [-0.2, 0) is 16.6 Å². The molecule has 6 heteroatoms. The predicted octanol–water partition coefficient (Wildman–Crippen LogP) is 3.14. The first-order valence-electron chi connectivity index (χ1n) is 7.51. The van der Waals surface area contributed by atoms with Gasteiger partial charge in [-0.2, -0.15) is 8.78 Å². The smallest absolute Gasteiger partial charge is 0.357 e. The minimum atomic E-state index is -3.78. The maximum Gasteiger partial charge on any atom is 0.357 e. The summed E-state index contributed by atoms with van der Waals surface area (Å²) in [7, 11) is 0. The minimum Gasteiger partial charge on any atom is -0.369 e. The fourth-order valence-electron chi connectivity index (χ4n) is 2.90. The topological polar surface area (TPSA) is 63.3 Å². The van der Waals surface area contributed by atoms with E-state index in [4.69, 9.17) is 10.8 Å². The van der Waals surface area contributed by atoms with Gasteiger partial charge < -0.3 is 10.8 Å². The largest absolute Gasteiger partial charge is 0.369 e. The molecule has 24 heavy (non-hydrogen) atoms. The van der Waals surface area contributed by atoms with Gasteiger partial charge in [-0.25, -0.2) is 4.39 Å². The minimum absolute atomic E-state index is 0.244. The Morgan fingerprint density at radius 2 is 1.79 bits per heavy atom. The molecule has 0 heterocycles. The highest BCUT2D eigenvalue weighted by atomic mass is 19.3. The predicted molar refractivity (Wildman–Crippen MR) is 82.8 cm³/mol. The number of aliphatic hydroxyl groups is 1. The fourth-order valence-corrected chi connectivity index (χ4v) is 2.90. The molecule has 3 N–H and O–H groups in total. The number of halogens is 3. The second-order valence-corrected chi connectivity index (χ2v) is 6.18. The summed E-state index contributed by atoms with van der Waals surface area (Å²) >= 11 is 0. The zero-order valence-corrected chi connectivity index (χ0v) is 12.7. The molecule has 2 aromatic carbocycles. The first-order valence-corrected chi connectivity index (χ1v) is 7.51. The normalized spacial score (nSPS) is 16.0. The van der Waals surface area contributed by atoms with Crippen LogP contribution in [0.2, 0.25) is 0 Å². The summed E-state index contributed by atoms with van der Waals surface area (Å²) in [4.78, 5) is 11.5. The second-order valence-electron chi connectivity index (χ2n) is 6.18. The summed E-state index contributed by atoms with van der Waals surface area (Å²) in [5, 5.41) is 8.53. The Morgan fingerprint density at radius 3 is 2.25 bits per heavy atom. The summed E-state index contributed by atoms with van der Waals surface area (Å²) in [6, 6.07) is 10.4. The van der Waals surface area contributed by atoms with Gasteiger partial charge in [0.2, 0.25) is 5.91 Å². The summed E-state index contributed by atoms with van der Waals surface area (Å²) in [5.41, 5.74) is 6.27. The molecule has 0 unspecified atom stereocenters. The molecule has 0 aromatic heterocycles. The third kappa shape index (κ3) is 3.14. The van der Waals surface area contributed by atoms with Gasteiger partial charge in [-0.15, -0.1) is 0 Å². The average Bonchev–Trinajstić information content (AvgIpc) is 3.28. The van der Waals surface area contributed by atoms with Crippen LogP contribution in [0.15, 0.2) is 42.5 Å². The van der Waals surface area contributed by atoms with Gasteiger partial charge in [0.1, 0.15) is 5.82 Å². The molecule has 0 bridgehead atoms. The summed E-state index contributed by atoms with van der Waals surface area (Å²) in [6.07, 6.45) is -3.34. The molecule has 0 atom stereocenters. The Hall–Kier alpha value is -2.34. The van der Waals surface area contributed by atoms with Gasteiger partial charge in [-0.05, 0) is 35.6 Å². The van der Waals surface area contributed by atoms with Crippen molar-refractivity contribution in [3.8, 4) is 11.1 Å². The number of alkyl halides is 2. The molecule has 1 saturated carbocycles. The third-order valence-corrected chi connectivity index (χ3v) is 4.43. The SMILES string of the molecule is NC(=O)C1(c2ccc(-c3ccc(CC(O)(F)F)cc3)c(F)c2)CC1. The third-order valence-electron chi connectivity index (χ3n) is 4.43. The maximum absolute atomic E-state index is 14.4. The van der Waals surface area contributed by atoms with Crippen molar-refractivity contribution < 1.29 is 23.1 Å². The van der Waals surface area contributed by atoms with E-state index in [2.05, 4.69) is 0 Å². The van der Waals surface area contributed by atoms with Gasteiger partial charge in [0.05, 0.1) is 11.8 Å². The van der Waals surface area contributed by atoms with Crippen LogP contribution in [0.4, 0.5) is 13.2 Å². The molecular weight excluding hydrogens is 319 g/mol. The Bertz CT molecular complexity index is 778. The van der Waals surface area contributed by atoms with Crippen LogP contribution >= 0.6 is 0 Å². The first-order chi connectivity index (χ1) is 11.2. The van der Waals surface area contributed by atoms with E-state index in [1.165, 1.54) is 30.3 Å². The van der Waals surface area contributed by atoms with Gasteiger partial charge in [0.25, 0.3) is 0 Å². The van der Waals surface area contributed by atoms with Crippen LogP contribution in [0.1, 0.15) is 24.0 Å². The van der Waals surface area contributed by atoms with E-state index in [0.29, 0.717) is 29.5 Å². The van der Waals surface area contributed by atoms with E-state index in [9.17, 15) is 18.0 Å². The van der Waals surface area contributed by atoms with E-state index >= 15 is 0 Å². The number of primary amides is 1. The molecule has 1 aliphatic carbocycles. The molecule has 0 aliphatic heterocycles. The Balaban J connectivity index is 1.87. The molecule has 0 spiro atoms. The lowest BCUT2D eigenvalue weighted by Crippen LogP contribution is -2.28. The Kier molecular flexibility index (Phi) is 3.87. The van der Waals surface area contributed by atoms with Crippen LogP contribution in [0.3, 0.4) is 0 Å². The van der Waals surface area contributed by atoms with Crippen molar-refractivity contribution in [2.24, 2.45) is 5.73 Å². The summed E-state index contributed by atoms with van der Waals surface area (Å²) in [6.45, 7) is 0. The highest BCUT2D eigenvalue weighted by Gasteiger charge is 2.50. The van der Waals surface area contributed by atoms with Crippen molar-refractivity contribution >= 4 is 5.91 Å². The first kappa shape index (κ1) is 16.5. The number of hydrogen-bond donors (Lipinski definition) is 2. The second kappa shape index (κ2) is 5.63. The van der Waals surface area contributed by atoms with Crippen LogP contribution < -0.4 is 5.73 Å². The molecule has 126 valence electrons. The van der Waals surface area contributed by atoms with Crippen LogP contribution in [-0.4, -0.2) is 17.1 Å². The number of amides is 1. The molecular formula is C18H16F3NO2. The molecule has 0 saturated heterocycles. The van der Waals surface area contributed by atoms with E-state index in [0.717, 1.165) is 0 Å². The number of nitrogens with two attached hydrogens (primary N) is 1. The molecule has 3 rings (SSSR count). The standard InChI is InChI=1S/C18H16F3NO2/c19-15-9-13(17(7-8-17)16(22)23)5-6-14(15)12-3-1-11(2-4-12)10-18(20,21)24/h1-6,9,24H,7-8,10H2,(H2,22,23). The zero-order valence-electron chi connectivity index (χ0n) is 12.7. The molecule has 0 radical (unpaired) electrons. The molecule has 1 aliphatic rings. The lowest BCUT2D eigenvalue weighted by Gasteiger charge is -2.13. The molecule has 2 aromatic rings. The monoisotopic (exact) mass is 335 g/mol. The van der Waals surface area contributed by atoms with Gasteiger partial charge in [-0.3, -0.25) is 4.79 Å². The van der Waals surface area contributed by atoms with Gasteiger partial charge in [0, 0.05) is 5.56 Å². The van der Waals surface area contributed by atoms with Gasteiger partial charge >= 0.3 is 6.11 Å². The van der Waals surface area contributed by atoms with Crippen molar-refractivity contribution in [1.29, 1.82) is 0 Å². The molecule has 1 fully saturated rings. The van der Waals surface area contributed by atoms with Crippen molar-refractivity contribution in [3.63, 3.8) is 0 Å². The fraction of sp³-hybridized carbons (Fsp3) is 0.278. The number of carbonyl (C=O) groups excluding carboxylic acids is 1. The van der Waals surface area contributed by atoms with E-state index in [1.807, 2.05) is 0 Å². The van der Waals surface area contributed by atoms with E-state index in [1.54, 1.807) is 12.1 Å². The van der Waals surface area contributed by atoms with Crippen LogP contribution in [0, 0.1) is 5.82 Å². The van der Waals surface area contributed by atoms with Crippen molar-refractivity contribution in [3.05, 3.63) is 59.4 Å². The summed E-state index contributed by atoms with van der Waals surface area (Å²) in [5.74, 6) is -0.954. The number of hydrogen-bond acceptors (Lipinski definition) is 2. The van der Waals surface area contributed by atoms with Crippen molar-refractivity contribution in [2.75, 3.05) is 0 Å². The zero-order chi connectivity index (χ0) is 17.5. The van der Waals surface area contributed by atoms with Crippen LogP contribution in [0.25, 0.3) is 11.1 Å². The number of benzene rings is 2. The highest BCUT2D eigenvalue weighted by molar-refractivity contribution is 5.90. The molecule has 1 amide bonds. The van der Waals surface area contributed by atoms with Gasteiger partial charge in [0.15, 0.2) is 0 Å².